The van der Waals surface area contributed by atoms with Crippen LogP contribution in [-0.2, 0) is 17.8 Å². The minimum atomic E-state index is 0.00924. The second-order valence-corrected chi connectivity index (χ2v) is 3.91. The Bertz CT molecular complexity index is 286. The number of nitrogens with zero attached hydrogens (tertiary/aromatic N) is 1. The van der Waals surface area contributed by atoms with Crippen molar-refractivity contribution in [2.45, 2.75) is 32.5 Å². The van der Waals surface area contributed by atoms with Crippen LogP contribution in [0.4, 0.5) is 0 Å². The number of aliphatic hydroxyl groups is 1. The maximum Gasteiger partial charge on any atom is 0.0638 e. The largest absolute Gasteiger partial charge is 0.395 e. The molecule has 0 radical (unpaired) electrons. The number of aliphatic hydroxyl groups excluding tert-OH is 1. The number of nitrogens with one attached hydrogen (secondary N) is 1. The average molecular weight is 226 g/mol. The number of aryl methyl sites for hydroxylation is 1. The molecule has 0 spiro atoms. The highest BCUT2D eigenvalue weighted by atomic mass is 16.5. The molecule has 0 saturated carbocycles. The Morgan fingerprint density at radius 1 is 1.56 bits per heavy atom. The summed E-state index contributed by atoms with van der Waals surface area (Å²) in [5.74, 6) is 0. The van der Waals surface area contributed by atoms with Gasteiger partial charge in [-0.05, 0) is 18.6 Å². The summed E-state index contributed by atoms with van der Waals surface area (Å²) in [7, 11) is 1.64. The fourth-order valence-electron chi connectivity index (χ4n) is 1.70. The lowest BCUT2D eigenvalue weighted by molar-refractivity contribution is 0.127. The molecule has 1 rings (SSSR count). The molecule has 0 aliphatic carbocycles. The first-order valence-electron chi connectivity index (χ1n) is 5.79. The first-order chi connectivity index (χ1) is 7.81. The standard InChI is InChI=1S/C12H22N2O2/c1-3-6-14-7-4-5-12(14)8-13-11(9-15)10-16-2/h4-5,7,11,13,15H,3,6,8-10H2,1-2H3. The van der Waals surface area contributed by atoms with Gasteiger partial charge in [-0.15, -0.1) is 0 Å². The normalized spacial score (nSPS) is 12.9. The summed E-state index contributed by atoms with van der Waals surface area (Å²) in [4.78, 5) is 0. The zero-order valence-electron chi connectivity index (χ0n) is 10.1. The second kappa shape index (κ2) is 7.44. The van der Waals surface area contributed by atoms with E-state index in [-0.39, 0.29) is 12.6 Å². The molecule has 92 valence electrons. The third-order valence-electron chi connectivity index (χ3n) is 2.55. The maximum atomic E-state index is 9.11. The van der Waals surface area contributed by atoms with Crippen LogP contribution < -0.4 is 5.32 Å². The van der Waals surface area contributed by atoms with Crippen LogP contribution >= 0.6 is 0 Å². The second-order valence-electron chi connectivity index (χ2n) is 3.91. The number of methoxy groups -OCH3 is 1. The SMILES string of the molecule is CCCn1cccc1CNC(CO)COC. The molecule has 0 amide bonds. The van der Waals surface area contributed by atoms with E-state index in [1.54, 1.807) is 7.11 Å². The quantitative estimate of drug-likeness (QED) is 0.695. The summed E-state index contributed by atoms with van der Waals surface area (Å²) in [6.45, 7) is 4.60. The molecule has 1 aromatic heterocycles. The van der Waals surface area contributed by atoms with Gasteiger partial charge in [0.15, 0.2) is 0 Å². The van der Waals surface area contributed by atoms with Crippen LogP contribution in [0, 0.1) is 0 Å². The first kappa shape index (κ1) is 13.2. The van der Waals surface area contributed by atoms with Crippen molar-refractivity contribution in [3.05, 3.63) is 24.0 Å². The Labute approximate surface area is 97.2 Å². The fraction of sp³-hybridized carbons (Fsp3) is 0.667. The summed E-state index contributed by atoms with van der Waals surface area (Å²) in [5, 5.41) is 12.4. The molecular weight excluding hydrogens is 204 g/mol. The summed E-state index contributed by atoms with van der Waals surface area (Å²) >= 11 is 0. The van der Waals surface area contributed by atoms with Crippen molar-refractivity contribution in [3.8, 4) is 0 Å². The Balaban J connectivity index is 2.43. The lowest BCUT2D eigenvalue weighted by Crippen LogP contribution is -2.36. The van der Waals surface area contributed by atoms with Crippen LogP contribution in [0.2, 0.25) is 0 Å². The van der Waals surface area contributed by atoms with Gasteiger partial charge in [-0.25, -0.2) is 0 Å². The molecule has 0 aromatic carbocycles. The number of hydrogen-bond acceptors (Lipinski definition) is 3. The highest BCUT2D eigenvalue weighted by Gasteiger charge is 2.07. The van der Waals surface area contributed by atoms with E-state index in [2.05, 4.69) is 35.1 Å². The molecule has 4 nitrogen and oxygen atoms in total. The lowest BCUT2D eigenvalue weighted by Gasteiger charge is -2.16. The Hall–Kier alpha value is -0.840. The third-order valence-corrected chi connectivity index (χ3v) is 2.55. The summed E-state index contributed by atoms with van der Waals surface area (Å²) in [6, 6.07) is 4.16. The van der Waals surface area contributed by atoms with Gasteiger partial charge in [-0.1, -0.05) is 6.92 Å². The Kier molecular flexibility index (Phi) is 6.15. The van der Waals surface area contributed by atoms with Crippen molar-refractivity contribution in [2.24, 2.45) is 0 Å². The van der Waals surface area contributed by atoms with Crippen molar-refractivity contribution in [2.75, 3.05) is 20.3 Å². The molecule has 16 heavy (non-hydrogen) atoms. The Morgan fingerprint density at radius 2 is 2.38 bits per heavy atom. The Morgan fingerprint density at radius 3 is 3.00 bits per heavy atom. The summed E-state index contributed by atoms with van der Waals surface area (Å²) < 4.78 is 7.24. The van der Waals surface area contributed by atoms with Crippen molar-refractivity contribution >= 4 is 0 Å². The first-order valence-corrected chi connectivity index (χ1v) is 5.79. The van der Waals surface area contributed by atoms with Crippen LogP contribution in [0.1, 0.15) is 19.0 Å². The number of rotatable bonds is 8. The van der Waals surface area contributed by atoms with Crippen LogP contribution in [0.15, 0.2) is 18.3 Å². The van der Waals surface area contributed by atoms with Gasteiger partial charge >= 0.3 is 0 Å². The molecule has 0 aliphatic rings. The molecule has 2 N–H and O–H groups in total. The molecule has 0 fully saturated rings. The van der Waals surface area contributed by atoms with Crippen LogP contribution in [-0.4, -0.2) is 36.0 Å². The molecule has 4 heteroatoms. The van der Waals surface area contributed by atoms with Gasteiger partial charge < -0.3 is 19.7 Å². The van der Waals surface area contributed by atoms with E-state index in [1.807, 2.05) is 0 Å². The fourth-order valence-corrected chi connectivity index (χ4v) is 1.70. The molecule has 1 aromatic rings. The minimum Gasteiger partial charge on any atom is -0.395 e. The number of ether oxygens (including phenoxy) is 1. The van der Waals surface area contributed by atoms with E-state index >= 15 is 0 Å². The number of hydrogen-bond donors (Lipinski definition) is 2. The van der Waals surface area contributed by atoms with Crippen LogP contribution in [0.5, 0.6) is 0 Å². The molecule has 1 atom stereocenters. The van der Waals surface area contributed by atoms with Gasteiger partial charge in [-0.3, -0.25) is 0 Å². The predicted octanol–water partition coefficient (Wildman–Crippen LogP) is 0.995. The van der Waals surface area contributed by atoms with Gasteiger partial charge in [0.2, 0.25) is 0 Å². The van der Waals surface area contributed by atoms with E-state index < -0.39 is 0 Å². The minimum absolute atomic E-state index is 0.00924. The molecule has 0 bridgehead atoms. The van der Waals surface area contributed by atoms with Gasteiger partial charge in [0.05, 0.1) is 19.3 Å². The predicted molar refractivity (Wildman–Crippen MR) is 64.3 cm³/mol. The molecule has 0 aliphatic heterocycles. The van der Waals surface area contributed by atoms with Gasteiger partial charge in [0.1, 0.15) is 0 Å². The van der Waals surface area contributed by atoms with E-state index in [4.69, 9.17) is 9.84 Å². The monoisotopic (exact) mass is 226 g/mol. The lowest BCUT2D eigenvalue weighted by atomic mass is 10.3. The number of aromatic nitrogens is 1. The van der Waals surface area contributed by atoms with E-state index in [0.717, 1.165) is 19.5 Å². The van der Waals surface area contributed by atoms with Crippen molar-refractivity contribution < 1.29 is 9.84 Å². The van der Waals surface area contributed by atoms with E-state index in [9.17, 15) is 0 Å². The van der Waals surface area contributed by atoms with E-state index in [0.29, 0.717) is 6.61 Å². The summed E-state index contributed by atoms with van der Waals surface area (Å²) in [6.07, 6.45) is 3.22. The van der Waals surface area contributed by atoms with Crippen molar-refractivity contribution in [1.82, 2.24) is 9.88 Å². The zero-order valence-corrected chi connectivity index (χ0v) is 10.1. The van der Waals surface area contributed by atoms with Crippen LogP contribution in [0.3, 0.4) is 0 Å². The molecule has 1 unspecified atom stereocenters. The zero-order chi connectivity index (χ0) is 11.8. The van der Waals surface area contributed by atoms with Gasteiger partial charge in [0.25, 0.3) is 0 Å². The maximum absolute atomic E-state index is 9.11. The van der Waals surface area contributed by atoms with Gasteiger partial charge in [0, 0.05) is 32.1 Å². The topological polar surface area (TPSA) is 46.4 Å². The summed E-state index contributed by atoms with van der Waals surface area (Å²) in [5.41, 5.74) is 1.25. The van der Waals surface area contributed by atoms with E-state index in [1.165, 1.54) is 5.69 Å². The smallest absolute Gasteiger partial charge is 0.0638 e. The average Bonchev–Trinajstić information content (AvgIpc) is 2.72. The van der Waals surface area contributed by atoms with Crippen molar-refractivity contribution in [3.63, 3.8) is 0 Å². The molecular formula is C12H22N2O2. The third kappa shape index (κ3) is 3.96. The van der Waals surface area contributed by atoms with Crippen molar-refractivity contribution in [1.29, 1.82) is 0 Å². The van der Waals surface area contributed by atoms with Gasteiger partial charge in [-0.2, -0.15) is 0 Å². The highest BCUT2D eigenvalue weighted by molar-refractivity contribution is 5.07. The molecule has 0 saturated heterocycles. The van der Waals surface area contributed by atoms with Crippen LogP contribution in [0.25, 0.3) is 0 Å². The molecule has 1 heterocycles. The highest BCUT2D eigenvalue weighted by Crippen LogP contribution is 2.03.